The van der Waals surface area contributed by atoms with Gasteiger partial charge in [0.25, 0.3) is 0 Å². The molecule has 2 aliphatic rings. The smallest absolute Gasteiger partial charge is 0.243 e. The fraction of sp³-hybridized carbons (Fsp3) is 0.571. The lowest BCUT2D eigenvalue weighted by Crippen LogP contribution is -2.40. The van der Waals surface area contributed by atoms with Crippen LogP contribution in [0.1, 0.15) is 11.1 Å². The Balaban J connectivity index is 1.91. The van der Waals surface area contributed by atoms with Crippen molar-refractivity contribution < 1.29 is 13.2 Å². The summed E-state index contributed by atoms with van der Waals surface area (Å²) in [6.07, 6.45) is 0.990. The number of hydrogen-bond acceptors (Lipinski definition) is 4. The van der Waals surface area contributed by atoms with Gasteiger partial charge >= 0.3 is 0 Å². The van der Waals surface area contributed by atoms with Crippen molar-refractivity contribution in [1.29, 1.82) is 0 Å². The number of rotatable bonds is 2. The molecule has 3 rings (SSSR count). The van der Waals surface area contributed by atoms with Gasteiger partial charge in [-0.3, -0.25) is 0 Å². The maximum atomic E-state index is 12.6. The second kappa shape index (κ2) is 5.44. The van der Waals surface area contributed by atoms with Crippen LogP contribution in [-0.2, 0) is 27.7 Å². The largest absolute Gasteiger partial charge is 0.379 e. The third kappa shape index (κ3) is 2.61. The quantitative estimate of drug-likeness (QED) is 0.806. The Kier molecular flexibility index (Phi) is 3.81. The molecule has 1 aromatic rings. The molecule has 0 aliphatic carbocycles. The summed E-state index contributed by atoms with van der Waals surface area (Å²) in [6.45, 7) is 3.70. The van der Waals surface area contributed by atoms with E-state index in [9.17, 15) is 8.42 Å². The lowest BCUT2D eigenvalue weighted by molar-refractivity contribution is 0.0730. The van der Waals surface area contributed by atoms with Crippen molar-refractivity contribution in [3.63, 3.8) is 0 Å². The van der Waals surface area contributed by atoms with Crippen LogP contribution in [-0.4, -0.2) is 57.5 Å². The van der Waals surface area contributed by atoms with E-state index in [1.54, 1.807) is 6.07 Å². The van der Waals surface area contributed by atoms with Gasteiger partial charge in [0.1, 0.15) is 0 Å². The molecule has 0 amide bonds. The fourth-order valence-corrected chi connectivity index (χ4v) is 4.23. The molecular formula is C14H20N2O3S. The number of likely N-dealkylation sites (N-methyl/N-ethyl adjacent to an activating group) is 1. The van der Waals surface area contributed by atoms with Gasteiger partial charge in [0.05, 0.1) is 18.1 Å². The molecular weight excluding hydrogens is 276 g/mol. The summed E-state index contributed by atoms with van der Waals surface area (Å²) in [5, 5.41) is 0. The second-order valence-corrected chi connectivity index (χ2v) is 7.37. The molecule has 0 saturated carbocycles. The molecule has 20 heavy (non-hydrogen) atoms. The van der Waals surface area contributed by atoms with Crippen molar-refractivity contribution in [2.24, 2.45) is 0 Å². The molecule has 110 valence electrons. The summed E-state index contributed by atoms with van der Waals surface area (Å²) in [4.78, 5) is 2.63. The van der Waals surface area contributed by atoms with Gasteiger partial charge in [-0.05, 0) is 36.7 Å². The number of hydrogen-bond donors (Lipinski definition) is 0. The van der Waals surface area contributed by atoms with Crippen LogP contribution in [0.15, 0.2) is 23.1 Å². The van der Waals surface area contributed by atoms with Gasteiger partial charge in [0, 0.05) is 26.2 Å². The summed E-state index contributed by atoms with van der Waals surface area (Å²) in [6, 6.07) is 5.56. The number of morpholine rings is 1. The van der Waals surface area contributed by atoms with Crippen molar-refractivity contribution in [3.8, 4) is 0 Å². The molecule has 1 aromatic carbocycles. The standard InChI is InChI=1S/C14H20N2O3S/c1-15-5-4-12-2-3-14(10-13(12)11-15)20(17,18)16-6-8-19-9-7-16/h2-3,10H,4-9,11H2,1H3. The van der Waals surface area contributed by atoms with E-state index in [2.05, 4.69) is 11.9 Å². The van der Waals surface area contributed by atoms with Crippen LogP contribution in [0, 0.1) is 0 Å². The van der Waals surface area contributed by atoms with Gasteiger partial charge < -0.3 is 9.64 Å². The van der Waals surface area contributed by atoms with E-state index in [0.717, 1.165) is 25.1 Å². The van der Waals surface area contributed by atoms with Gasteiger partial charge in [-0.15, -0.1) is 0 Å². The number of nitrogens with zero attached hydrogens (tertiary/aromatic N) is 2. The van der Waals surface area contributed by atoms with E-state index < -0.39 is 10.0 Å². The van der Waals surface area contributed by atoms with E-state index in [1.165, 1.54) is 9.87 Å². The Morgan fingerprint density at radius 1 is 1.10 bits per heavy atom. The molecule has 2 heterocycles. The topological polar surface area (TPSA) is 49.9 Å². The van der Waals surface area contributed by atoms with Gasteiger partial charge in [0.15, 0.2) is 0 Å². The van der Waals surface area contributed by atoms with Gasteiger partial charge in [-0.1, -0.05) is 6.07 Å². The second-order valence-electron chi connectivity index (χ2n) is 5.43. The number of sulfonamides is 1. The highest BCUT2D eigenvalue weighted by molar-refractivity contribution is 7.89. The van der Waals surface area contributed by atoms with Crippen molar-refractivity contribution in [1.82, 2.24) is 9.21 Å². The zero-order valence-corrected chi connectivity index (χ0v) is 12.5. The van der Waals surface area contributed by atoms with E-state index in [4.69, 9.17) is 4.74 Å². The Morgan fingerprint density at radius 3 is 2.60 bits per heavy atom. The van der Waals surface area contributed by atoms with Crippen LogP contribution in [0.2, 0.25) is 0 Å². The summed E-state index contributed by atoms with van der Waals surface area (Å²) in [5.41, 5.74) is 2.40. The predicted octanol–water partition coefficient (Wildman–Crippen LogP) is 0.695. The zero-order chi connectivity index (χ0) is 14.2. The van der Waals surface area contributed by atoms with E-state index in [-0.39, 0.29) is 0 Å². The molecule has 0 radical (unpaired) electrons. The molecule has 1 fully saturated rings. The minimum absolute atomic E-state index is 0.411. The molecule has 0 atom stereocenters. The number of fused-ring (bicyclic) bond motifs is 1. The lowest BCUT2D eigenvalue weighted by atomic mass is 10.0. The Morgan fingerprint density at radius 2 is 1.85 bits per heavy atom. The highest BCUT2D eigenvalue weighted by Gasteiger charge is 2.27. The third-order valence-corrected chi connectivity index (χ3v) is 5.88. The van der Waals surface area contributed by atoms with Gasteiger partial charge in [-0.25, -0.2) is 8.42 Å². The SMILES string of the molecule is CN1CCc2ccc(S(=O)(=O)N3CCOCC3)cc2C1. The molecule has 0 N–H and O–H groups in total. The fourth-order valence-electron chi connectivity index (χ4n) is 2.77. The van der Waals surface area contributed by atoms with Crippen molar-refractivity contribution >= 4 is 10.0 Å². The summed E-state index contributed by atoms with van der Waals surface area (Å²) in [7, 11) is -1.32. The first kappa shape index (κ1) is 14.0. The highest BCUT2D eigenvalue weighted by Crippen LogP contribution is 2.24. The van der Waals surface area contributed by atoms with E-state index in [1.807, 2.05) is 12.1 Å². The van der Waals surface area contributed by atoms with E-state index in [0.29, 0.717) is 31.2 Å². The Hall–Kier alpha value is -0.950. The van der Waals surface area contributed by atoms with Crippen LogP contribution in [0.4, 0.5) is 0 Å². The van der Waals surface area contributed by atoms with Gasteiger partial charge in [-0.2, -0.15) is 4.31 Å². The van der Waals surface area contributed by atoms with E-state index >= 15 is 0 Å². The monoisotopic (exact) mass is 296 g/mol. The first-order valence-electron chi connectivity index (χ1n) is 6.95. The number of ether oxygens (including phenoxy) is 1. The highest BCUT2D eigenvalue weighted by atomic mass is 32.2. The normalized spacial score (nSPS) is 21.6. The molecule has 2 aliphatic heterocycles. The molecule has 0 spiro atoms. The third-order valence-electron chi connectivity index (χ3n) is 3.99. The lowest BCUT2D eigenvalue weighted by Gasteiger charge is -2.28. The molecule has 0 unspecified atom stereocenters. The minimum atomic E-state index is -3.38. The van der Waals surface area contributed by atoms with Crippen LogP contribution in [0.5, 0.6) is 0 Å². The van der Waals surface area contributed by atoms with Crippen molar-refractivity contribution in [2.45, 2.75) is 17.9 Å². The summed E-state index contributed by atoms with van der Waals surface area (Å²) < 4.78 is 32.0. The summed E-state index contributed by atoms with van der Waals surface area (Å²) >= 11 is 0. The molecule has 0 aromatic heterocycles. The van der Waals surface area contributed by atoms with Gasteiger partial charge in [0.2, 0.25) is 10.0 Å². The molecule has 1 saturated heterocycles. The van der Waals surface area contributed by atoms with Crippen molar-refractivity contribution in [3.05, 3.63) is 29.3 Å². The zero-order valence-electron chi connectivity index (χ0n) is 11.7. The number of benzene rings is 1. The van der Waals surface area contributed by atoms with Crippen LogP contribution < -0.4 is 0 Å². The maximum absolute atomic E-state index is 12.6. The molecule has 6 heteroatoms. The first-order chi connectivity index (χ1) is 9.57. The van der Waals surface area contributed by atoms with Crippen LogP contribution in [0.3, 0.4) is 0 Å². The summed E-state index contributed by atoms with van der Waals surface area (Å²) in [5.74, 6) is 0. The van der Waals surface area contributed by atoms with Crippen LogP contribution >= 0.6 is 0 Å². The van der Waals surface area contributed by atoms with Crippen molar-refractivity contribution in [2.75, 3.05) is 39.9 Å². The first-order valence-corrected chi connectivity index (χ1v) is 8.39. The Bertz CT molecular complexity index is 594. The maximum Gasteiger partial charge on any atom is 0.243 e. The molecule has 0 bridgehead atoms. The van der Waals surface area contributed by atoms with Crippen LogP contribution in [0.25, 0.3) is 0 Å². The average Bonchev–Trinajstić information content (AvgIpc) is 2.47. The predicted molar refractivity (Wildman–Crippen MR) is 76.1 cm³/mol. The Labute approximate surface area is 120 Å². The average molecular weight is 296 g/mol. The molecule has 5 nitrogen and oxygen atoms in total. The minimum Gasteiger partial charge on any atom is -0.379 e.